The molecule has 0 aromatic carbocycles. The Morgan fingerprint density at radius 3 is 2.33 bits per heavy atom. The fourth-order valence-electron chi connectivity index (χ4n) is 2.13. The highest BCUT2D eigenvalue weighted by molar-refractivity contribution is 5.75. The molecule has 0 saturated heterocycles. The lowest BCUT2D eigenvalue weighted by atomic mass is 10.1. The van der Waals surface area contributed by atoms with E-state index in [0.29, 0.717) is 19.7 Å². The molecule has 21 heavy (non-hydrogen) atoms. The second kappa shape index (κ2) is 17.2. The molecule has 0 aliphatic rings. The molecule has 0 unspecified atom stereocenters. The van der Waals surface area contributed by atoms with Gasteiger partial charge in [0.05, 0.1) is 6.67 Å². The molecule has 124 valence electrons. The fraction of sp³-hybridized carbons (Fsp3) is 0.824. The van der Waals surface area contributed by atoms with Crippen molar-refractivity contribution in [3.8, 4) is 0 Å². The lowest BCUT2D eigenvalue weighted by molar-refractivity contribution is -0.121. The maximum absolute atomic E-state index is 11.5. The topological polar surface area (TPSA) is 61.4 Å². The molecular formula is C17H34N2O2. The molecule has 0 heterocycles. The van der Waals surface area contributed by atoms with E-state index in [1.165, 1.54) is 25.7 Å². The average molecular weight is 298 g/mol. The monoisotopic (exact) mass is 298 g/mol. The number of allylic oxidation sites excluding steroid dienone is 2. The maximum atomic E-state index is 11.5. The second-order valence-corrected chi connectivity index (χ2v) is 5.44. The van der Waals surface area contributed by atoms with E-state index < -0.39 is 0 Å². The van der Waals surface area contributed by atoms with Crippen molar-refractivity contribution < 1.29 is 9.90 Å². The molecule has 1 amide bonds. The van der Waals surface area contributed by atoms with E-state index >= 15 is 0 Å². The molecule has 0 radical (unpaired) electrons. The van der Waals surface area contributed by atoms with Gasteiger partial charge in [-0.1, -0.05) is 44.3 Å². The van der Waals surface area contributed by atoms with Gasteiger partial charge < -0.3 is 10.4 Å². The van der Waals surface area contributed by atoms with Gasteiger partial charge in [-0.25, -0.2) is 0 Å². The van der Waals surface area contributed by atoms with E-state index in [0.717, 1.165) is 38.6 Å². The molecular weight excluding hydrogens is 264 g/mol. The number of nitrogens with one attached hydrogen (secondary N) is 2. The van der Waals surface area contributed by atoms with Gasteiger partial charge in [-0.05, 0) is 39.2 Å². The Kier molecular flexibility index (Phi) is 16.5. The van der Waals surface area contributed by atoms with E-state index in [-0.39, 0.29) is 5.91 Å². The molecule has 0 atom stereocenters. The van der Waals surface area contributed by atoms with Gasteiger partial charge in [-0.15, -0.1) is 0 Å². The van der Waals surface area contributed by atoms with E-state index in [2.05, 4.69) is 16.7 Å². The molecule has 4 heteroatoms. The fourth-order valence-corrected chi connectivity index (χ4v) is 2.13. The van der Waals surface area contributed by atoms with E-state index in [4.69, 9.17) is 5.11 Å². The minimum atomic E-state index is 0.135. The SMILES string of the molecule is C/C=C/CCCC(=O)NCNCCCCCCCCCO. The highest BCUT2D eigenvalue weighted by atomic mass is 16.2. The summed E-state index contributed by atoms with van der Waals surface area (Å²) in [5, 5.41) is 14.8. The summed E-state index contributed by atoms with van der Waals surface area (Å²) < 4.78 is 0. The van der Waals surface area contributed by atoms with Crippen LogP contribution in [0.15, 0.2) is 12.2 Å². The van der Waals surface area contributed by atoms with Crippen molar-refractivity contribution in [2.24, 2.45) is 0 Å². The molecule has 0 saturated carbocycles. The predicted octanol–water partition coefficient (Wildman–Crippen LogP) is 3.12. The lowest BCUT2D eigenvalue weighted by Crippen LogP contribution is -2.34. The number of unbranched alkanes of at least 4 members (excludes halogenated alkanes) is 7. The van der Waals surface area contributed by atoms with Crippen LogP contribution in [0.3, 0.4) is 0 Å². The minimum absolute atomic E-state index is 0.135. The first-order chi connectivity index (χ1) is 10.3. The molecule has 0 aliphatic heterocycles. The van der Waals surface area contributed by atoms with E-state index in [9.17, 15) is 4.79 Å². The summed E-state index contributed by atoms with van der Waals surface area (Å²) in [5.41, 5.74) is 0. The molecule has 0 spiro atoms. The van der Waals surface area contributed by atoms with Gasteiger partial charge in [-0.2, -0.15) is 0 Å². The number of aliphatic hydroxyl groups is 1. The zero-order valence-corrected chi connectivity index (χ0v) is 13.7. The summed E-state index contributed by atoms with van der Waals surface area (Å²) >= 11 is 0. The van der Waals surface area contributed by atoms with Crippen LogP contribution in [0.4, 0.5) is 0 Å². The lowest BCUT2D eigenvalue weighted by Gasteiger charge is -2.07. The molecule has 4 nitrogen and oxygen atoms in total. The molecule has 0 fully saturated rings. The number of amides is 1. The molecule has 0 bridgehead atoms. The molecule has 0 aliphatic carbocycles. The molecule has 0 rings (SSSR count). The van der Waals surface area contributed by atoms with Crippen LogP contribution in [0.2, 0.25) is 0 Å². The largest absolute Gasteiger partial charge is 0.396 e. The highest BCUT2D eigenvalue weighted by Crippen LogP contribution is 2.06. The Balaban J connectivity index is 3.12. The molecule has 0 aromatic rings. The zero-order chi connectivity index (χ0) is 15.6. The van der Waals surface area contributed by atoms with Gasteiger partial charge >= 0.3 is 0 Å². The van der Waals surface area contributed by atoms with Gasteiger partial charge in [-0.3, -0.25) is 10.1 Å². The van der Waals surface area contributed by atoms with Gasteiger partial charge in [0.25, 0.3) is 0 Å². The summed E-state index contributed by atoms with van der Waals surface area (Å²) in [6.07, 6.45) is 14.9. The number of carbonyl (C=O) groups is 1. The Bertz CT molecular complexity index is 255. The average Bonchev–Trinajstić information content (AvgIpc) is 2.49. The number of hydrogen-bond donors (Lipinski definition) is 3. The van der Waals surface area contributed by atoms with Gasteiger partial charge in [0.2, 0.25) is 5.91 Å². The zero-order valence-electron chi connectivity index (χ0n) is 13.7. The summed E-state index contributed by atoms with van der Waals surface area (Å²) in [6, 6.07) is 0. The summed E-state index contributed by atoms with van der Waals surface area (Å²) in [6.45, 7) is 3.87. The Morgan fingerprint density at radius 1 is 1.00 bits per heavy atom. The van der Waals surface area contributed by atoms with Crippen molar-refractivity contribution in [2.45, 2.75) is 71.1 Å². The van der Waals surface area contributed by atoms with Crippen LogP contribution >= 0.6 is 0 Å². The summed E-state index contributed by atoms with van der Waals surface area (Å²) in [5.74, 6) is 0.135. The molecule has 0 aromatic heterocycles. The normalized spacial score (nSPS) is 11.1. The first-order valence-corrected chi connectivity index (χ1v) is 8.50. The van der Waals surface area contributed by atoms with Gasteiger partial charge in [0, 0.05) is 13.0 Å². The predicted molar refractivity (Wildman–Crippen MR) is 89.1 cm³/mol. The number of carbonyl (C=O) groups excluding carboxylic acids is 1. The minimum Gasteiger partial charge on any atom is -0.396 e. The third kappa shape index (κ3) is 17.1. The number of hydrogen-bond acceptors (Lipinski definition) is 3. The van der Waals surface area contributed by atoms with Crippen LogP contribution in [-0.4, -0.2) is 30.8 Å². The van der Waals surface area contributed by atoms with Crippen molar-refractivity contribution in [3.63, 3.8) is 0 Å². The first kappa shape index (κ1) is 20.1. The third-order valence-corrected chi connectivity index (χ3v) is 3.43. The third-order valence-electron chi connectivity index (χ3n) is 3.43. The second-order valence-electron chi connectivity index (χ2n) is 5.44. The Labute approximate surface area is 130 Å². The van der Waals surface area contributed by atoms with Crippen molar-refractivity contribution >= 4 is 5.91 Å². The summed E-state index contributed by atoms with van der Waals surface area (Å²) in [7, 11) is 0. The maximum Gasteiger partial charge on any atom is 0.220 e. The smallest absolute Gasteiger partial charge is 0.220 e. The van der Waals surface area contributed by atoms with Crippen molar-refractivity contribution in [1.82, 2.24) is 10.6 Å². The highest BCUT2D eigenvalue weighted by Gasteiger charge is 1.98. The van der Waals surface area contributed by atoms with Crippen molar-refractivity contribution in [2.75, 3.05) is 19.8 Å². The van der Waals surface area contributed by atoms with Crippen molar-refractivity contribution in [3.05, 3.63) is 12.2 Å². The van der Waals surface area contributed by atoms with Crippen molar-refractivity contribution in [1.29, 1.82) is 0 Å². The van der Waals surface area contributed by atoms with Gasteiger partial charge in [0.1, 0.15) is 0 Å². The van der Waals surface area contributed by atoms with Crippen LogP contribution in [0, 0.1) is 0 Å². The van der Waals surface area contributed by atoms with Crippen LogP contribution < -0.4 is 10.6 Å². The van der Waals surface area contributed by atoms with E-state index in [1.54, 1.807) is 0 Å². The van der Waals surface area contributed by atoms with Crippen LogP contribution in [0.1, 0.15) is 71.1 Å². The van der Waals surface area contributed by atoms with Crippen LogP contribution in [0.5, 0.6) is 0 Å². The van der Waals surface area contributed by atoms with Crippen LogP contribution in [0.25, 0.3) is 0 Å². The quantitative estimate of drug-likeness (QED) is 0.247. The Hall–Kier alpha value is -0.870. The first-order valence-electron chi connectivity index (χ1n) is 8.50. The van der Waals surface area contributed by atoms with Gasteiger partial charge in [0.15, 0.2) is 0 Å². The Morgan fingerprint density at radius 2 is 1.67 bits per heavy atom. The number of rotatable bonds is 15. The van der Waals surface area contributed by atoms with Crippen LogP contribution in [-0.2, 0) is 4.79 Å². The standard InChI is InChI=1S/C17H34N2O2/c1-2-3-4-10-13-17(21)19-16-18-14-11-8-6-5-7-9-12-15-20/h2-3,18,20H,4-16H2,1H3,(H,19,21)/b3-2+. The molecule has 3 N–H and O–H groups in total. The summed E-state index contributed by atoms with van der Waals surface area (Å²) in [4.78, 5) is 11.5. The number of aliphatic hydroxyl groups excluding tert-OH is 1. The van der Waals surface area contributed by atoms with E-state index in [1.807, 2.05) is 13.0 Å².